The van der Waals surface area contributed by atoms with Gasteiger partial charge in [-0.2, -0.15) is 0 Å². The average molecular weight is 550 g/mol. The van der Waals surface area contributed by atoms with Crippen LogP contribution in [0.2, 0.25) is 0 Å². The number of nitrogens with zero attached hydrogens (tertiary/aromatic N) is 3. The Kier molecular flexibility index (Phi) is 11.2. The largest absolute Gasteiger partial charge is 0.497 e. The monoisotopic (exact) mass is 549 g/mol. The molecule has 0 bridgehead atoms. The van der Waals surface area contributed by atoms with Gasteiger partial charge < -0.3 is 14.5 Å². The second-order valence-electron chi connectivity index (χ2n) is 12.1. The molecule has 1 saturated carbocycles. The molecule has 3 rings (SSSR count). The van der Waals surface area contributed by atoms with Gasteiger partial charge in [-0.05, 0) is 121 Å². The Hall–Kier alpha value is -1.48. The second kappa shape index (κ2) is 13.7. The molecule has 216 valence electrons. The highest BCUT2D eigenvalue weighted by atomic mass is 32.2. The van der Waals surface area contributed by atoms with Gasteiger partial charge in [0, 0.05) is 45.1 Å². The van der Waals surface area contributed by atoms with Crippen molar-refractivity contribution in [2.24, 2.45) is 11.8 Å². The topological polar surface area (TPSA) is 70.2 Å². The van der Waals surface area contributed by atoms with Crippen molar-refractivity contribution in [3.05, 3.63) is 23.3 Å². The maximum Gasteiger partial charge on any atom is 0.243 e. The lowest BCUT2D eigenvalue weighted by Gasteiger charge is -2.41. The van der Waals surface area contributed by atoms with Crippen LogP contribution in [-0.2, 0) is 14.8 Å². The summed E-state index contributed by atoms with van der Waals surface area (Å²) in [6.07, 6.45) is 7.99. The van der Waals surface area contributed by atoms with Crippen molar-refractivity contribution < 1.29 is 17.9 Å². The lowest BCUT2D eigenvalue weighted by atomic mass is 9.81. The molecule has 1 aliphatic heterocycles. The number of rotatable bonds is 12. The first-order valence-corrected chi connectivity index (χ1v) is 15.9. The van der Waals surface area contributed by atoms with Gasteiger partial charge in [0.2, 0.25) is 10.0 Å². The van der Waals surface area contributed by atoms with E-state index in [0.717, 1.165) is 18.8 Å². The molecule has 1 aliphatic carbocycles. The van der Waals surface area contributed by atoms with Crippen LogP contribution in [0.15, 0.2) is 17.0 Å². The Morgan fingerprint density at radius 1 is 1.00 bits per heavy atom. The standard InChI is InChI=1S/C30H51N3O4S/c1-22(2)31(5)21-26-12-16-33(17-13-26)27-10-8-25(9-11-27)20-28(34)14-15-32(6)38(35,36)30-23(3)18-29(37-7)19-24(30)4/h18-19,22,25-27H,8-17,20-21H2,1-7H3. The Morgan fingerprint density at radius 2 is 1.58 bits per heavy atom. The number of aryl methyl sites for hydroxylation is 2. The summed E-state index contributed by atoms with van der Waals surface area (Å²) in [7, 11) is 1.71. The van der Waals surface area contributed by atoms with Gasteiger partial charge in [-0.25, -0.2) is 12.7 Å². The minimum atomic E-state index is -3.67. The molecule has 38 heavy (non-hydrogen) atoms. The quantitative estimate of drug-likeness (QED) is 0.370. The number of methoxy groups -OCH3 is 1. The summed E-state index contributed by atoms with van der Waals surface area (Å²) >= 11 is 0. The molecule has 0 atom stereocenters. The van der Waals surface area contributed by atoms with Gasteiger partial charge in [0.15, 0.2) is 0 Å². The summed E-state index contributed by atoms with van der Waals surface area (Å²) in [6, 6.07) is 4.75. The fourth-order valence-corrected chi connectivity index (χ4v) is 7.83. The van der Waals surface area contributed by atoms with Gasteiger partial charge in [0.05, 0.1) is 12.0 Å². The maximum atomic E-state index is 13.2. The third kappa shape index (κ3) is 8.03. The van der Waals surface area contributed by atoms with Gasteiger partial charge in [-0.1, -0.05) is 0 Å². The fraction of sp³-hybridized carbons (Fsp3) is 0.767. The van der Waals surface area contributed by atoms with E-state index in [1.807, 2.05) is 0 Å². The van der Waals surface area contributed by atoms with Crippen LogP contribution < -0.4 is 4.74 Å². The number of carbonyl (C=O) groups is 1. The normalized spacial score (nSPS) is 21.9. The number of carbonyl (C=O) groups excluding carboxylic acids is 1. The van der Waals surface area contributed by atoms with Crippen LogP contribution in [0.4, 0.5) is 0 Å². The minimum absolute atomic E-state index is 0.175. The first-order valence-electron chi connectivity index (χ1n) is 14.5. The molecule has 0 radical (unpaired) electrons. The van der Waals surface area contributed by atoms with E-state index in [0.29, 0.717) is 46.2 Å². The van der Waals surface area contributed by atoms with E-state index in [1.165, 1.54) is 49.6 Å². The summed E-state index contributed by atoms with van der Waals surface area (Å²) in [5.74, 6) is 2.07. The van der Waals surface area contributed by atoms with Crippen molar-refractivity contribution in [1.29, 1.82) is 0 Å². The van der Waals surface area contributed by atoms with Crippen molar-refractivity contribution in [3.8, 4) is 5.75 Å². The van der Waals surface area contributed by atoms with E-state index >= 15 is 0 Å². The highest BCUT2D eigenvalue weighted by Gasteiger charge is 2.31. The van der Waals surface area contributed by atoms with Crippen LogP contribution in [0.3, 0.4) is 0 Å². The van der Waals surface area contributed by atoms with Crippen molar-refractivity contribution in [1.82, 2.24) is 14.1 Å². The predicted octanol–water partition coefficient (Wildman–Crippen LogP) is 4.89. The van der Waals surface area contributed by atoms with E-state index in [1.54, 1.807) is 40.1 Å². The highest BCUT2D eigenvalue weighted by Crippen LogP contribution is 2.33. The molecule has 0 N–H and O–H groups in total. The number of benzene rings is 1. The lowest BCUT2D eigenvalue weighted by molar-refractivity contribution is -0.120. The molecular weight excluding hydrogens is 498 g/mol. The number of hydrogen-bond donors (Lipinski definition) is 0. The van der Waals surface area contributed by atoms with Crippen LogP contribution in [0.1, 0.15) is 76.3 Å². The minimum Gasteiger partial charge on any atom is -0.497 e. The molecule has 2 fully saturated rings. The third-order valence-electron chi connectivity index (χ3n) is 8.97. The predicted molar refractivity (Wildman–Crippen MR) is 154 cm³/mol. The summed E-state index contributed by atoms with van der Waals surface area (Å²) in [5.41, 5.74) is 1.31. The number of sulfonamides is 1. The molecule has 0 spiro atoms. The lowest BCUT2D eigenvalue weighted by Crippen LogP contribution is -2.45. The SMILES string of the molecule is COc1cc(C)c(S(=O)(=O)N(C)CCC(=O)CC2CCC(N3CCC(CN(C)C(C)C)CC3)CC2)c(C)c1. The van der Waals surface area contributed by atoms with Crippen LogP contribution in [0, 0.1) is 25.7 Å². The number of piperidine rings is 1. The summed E-state index contributed by atoms with van der Waals surface area (Å²) in [5, 5.41) is 0. The van der Waals surface area contributed by atoms with E-state index < -0.39 is 10.0 Å². The molecule has 1 aromatic carbocycles. The highest BCUT2D eigenvalue weighted by molar-refractivity contribution is 7.89. The summed E-state index contributed by atoms with van der Waals surface area (Å²) in [6.45, 7) is 11.9. The van der Waals surface area contributed by atoms with Gasteiger partial charge >= 0.3 is 0 Å². The van der Waals surface area contributed by atoms with Gasteiger partial charge in [-0.15, -0.1) is 0 Å². The zero-order valence-electron chi connectivity index (χ0n) is 24.8. The van der Waals surface area contributed by atoms with Crippen molar-refractivity contribution >= 4 is 15.8 Å². The second-order valence-corrected chi connectivity index (χ2v) is 14.1. The molecule has 7 nitrogen and oxygen atoms in total. The van der Waals surface area contributed by atoms with Gasteiger partial charge in [0.25, 0.3) is 0 Å². The summed E-state index contributed by atoms with van der Waals surface area (Å²) < 4.78 is 33.1. The Bertz CT molecular complexity index is 1000. The van der Waals surface area contributed by atoms with Crippen LogP contribution >= 0.6 is 0 Å². The smallest absolute Gasteiger partial charge is 0.243 e. The number of ketones is 1. The Balaban J connectivity index is 1.41. The fourth-order valence-electron chi connectivity index (χ4n) is 6.25. The summed E-state index contributed by atoms with van der Waals surface area (Å²) in [4.78, 5) is 18.3. The molecular formula is C30H51N3O4S. The molecule has 0 aromatic heterocycles. The van der Waals surface area contributed by atoms with Crippen molar-refractivity contribution in [3.63, 3.8) is 0 Å². The molecule has 1 aromatic rings. The van der Waals surface area contributed by atoms with Crippen molar-refractivity contribution in [2.75, 3.05) is 47.4 Å². The van der Waals surface area contributed by atoms with Crippen molar-refractivity contribution in [2.45, 2.75) is 96.0 Å². The average Bonchev–Trinajstić information content (AvgIpc) is 2.87. The molecule has 0 unspecified atom stereocenters. The zero-order chi connectivity index (χ0) is 28.0. The van der Waals surface area contributed by atoms with Crippen LogP contribution in [0.25, 0.3) is 0 Å². The van der Waals surface area contributed by atoms with Gasteiger partial charge in [-0.3, -0.25) is 4.79 Å². The Morgan fingerprint density at radius 3 is 2.11 bits per heavy atom. The van der Waals surface area contributed by atoms with Crippen LogP contribution in [0.5, 0.6) is 5.75 Å². The third-order valence-corrected chi connectivity index (χ3v) is 11.1. The first kappa shape index (κ1) is 31.1. The molecule has 1 heterocycles. The maximum absolute atomic E-state index is 13.2. The van der Waals surface area contributed by atoms with Crippen LogP contribution in [-0.4, -0.2) is 87.8 Å². The van der Waals surface area contributed by atoms with E-state index in [4.69, 9.17) is 4.74 Å². The molecule has 0 amide bonds. The van der Waals surface area contributed by atoms with E-state index in [2.05, 4.69) is 30.7 Å². The number of ether oxygens (including phenoxy) is 1. The number of likely N-dealkylation sites (tertiary alicyclic amines) is 1. The number of hydrogen-bond acceptors (Lipinski definition) is 6. The van der Waals surface area contributed by atoms with E-state index in [-0.39, 0.29) is 18.7 Å². The Labute approximate surface area is 231 Å². The molecule has 1 saturated heterocycles. The van der Waals surface area contributed by atoms with E-state index in [9.17, 15) is 13.2 Å². The van der Waals surface area contributed by atoms with Gasteiger partial charge in [0.1, 0.15) is 11.5 Å². The first-order chi connectivity index (χ1) is 17.9. The molecule has 8 heteroatoms. The number of Topliss-reactive ketones (excluding diaryl/α,β-unsaturated/α-hetero) is 1. The zero-order valence-corrected chi connectivity index (χ0v) is 25.6. The molecule has 2 aliphatic rings.